The zero-order valence-corrected chi connectivity index (χ0v) is 5.97. The molecule has 52 valence electrons. The Morgan fingerprint density at radius 1 is 1.70 bits per heavy atom. The van der Waals surface area contributed by atoms with Gasteiger partial charge in [-0.05, 0) is 5.41 Å². The first-order chi connectivity index (χ1) is 4.97. The van der Waals surface area contributed by atoms with Crippen molar-refractivity contribution in [3.05, 3.63) is 29.6 Å². The van der Waals surface area contributed by atoms with E-state index < -0.39 is 0 Å². The summed E-state index contributed by atoms with van der Waals surface area (Å²) in [5, 5.41) is 9.17. The highest BCUT2D eigenvalue weighted by Gasteiger charge is 2.14. The quantitative estimate of drug-likeness (QED) is 0.665. The van der Waals surface area contributed by atoms with Gasteiger partial charge >= 0.3 is 0 Å². The standard InChI is InChI=1S/C6H6N2OS/c1-3-9-8-5(1)6-7-2-4-10-6/h1-4,6-7H. The Labute approximate surface area is 62.5 Å². The fourth-order valence-corrected chi connectivity index (χ4v) is 1.53. The van der Waals surface area contributed by atoms with Crippen molar-refractivity contribution in [1.29, 1.82) is 0 Å². The molecule has 1 aromatic heterocycles. The minimum atomic E-state index is 0.249. The first-order valence-corrected chi connectivity index (χ1v) is 3.88. The molecule has 0 fully saturated rings. The predicted molar refractivity (Wildman–Crippen MR) is 39.1 cm³/mol. The lowest BCUT2D eigenvalue weighted by molar-refractivity contribution is 0.410. The van der Waals surface area contributed by atoms with Crippen molar-refractivity contribution in [2.24, 2.45) is 0 Å². The van der Waals surface area contributed by atoms with Crippen LogP contribution in [-0.4, -0.2) is 5.16 Å². The fraction of sp³-hybridized carbons (Fsp3) is 0.167. The van der Waals surface area contributed by atoms with Crippen LogP contribution >= 0.6 is 11.8 Å². The summed E-state index contributed by atoms with van der Waals surface area (Å²) >= 11 is 1.69. The molecule has 1 atom stereocenters. The van der Waals surface area contributed by atoms with Crippen LogP contribution in [0.1, 0.15) is 11.1 Å². The minimum absolute atomic E-state index is 0.249. The average Bonchev–Trinajstić information content (AvgIpc) is 2.59. The van der Waals surface area contributed by atoms with Gasteiger partial charge in [-0.3, -0.25) is 0 Å². The summed E-state index contributed by atoms with van der Waals surface area (Å²) in [6.45, 7) is 0. The largest absolute Gasteiger partial charge is 0.373 e. The molecule has 1 aliphatic rings. The van der Waals surface area contributed by atoms with Crippen molar-refractivity contribution in [1.82, 2.24) is 10.5 Å². The van der Waals surface area contributed by atoms with E-state index in [1.54, 1.807) is 18.0 Å². The lowest BCUT2D eigenvalue weighted by Crippen LogP contribution is -2.06. The number of hydrogen-bond acceptors (Lipinski definition) is 4. The van der Waals surface area contributed by atoms with Crippen LogP contribution in [0.3, 0.4) is 0 Å². The van der Waals surface area contributed by atoms with Crippen molar-refractivity contribution >= 4 is 11.8 Å². The number of thioether (sulfide) groups is 1. The number of nitrogens with zero attached hydrogens (tertiary/aromatic N) is 1. The van der Waals surface area contributed by atoms with Crippen molar-refractivity contribution < 1.29 is 4.52 Å². The van der Waals surface area contributed by atoms with Crippen LogP contribution in [0.2, 0.25) is 0 Å². The summed E-state index contributed by atoms with van der Waals surface area (Å²) in [7, 11) is 0. The smallest absolute Gasteiger partial charge is 0.124 e. The van der Waals surface area contributed by atoms with Gasteiger partial charge in [0.1, 0.15) is 17.3 Å². The highest BCUT2D eigenvalue weighted by molar-refractivity contribution is 8.02. The molecule has 0 aromatic carbocycles. The second kappa shape index (κ2) is 2.38. The topological polar surface area (TPSA) is 38.1 Å². The van der Waals surface area contributed by atoms with Gasteiger partial charge in [0.25, 0.3) is 0 Å². The lowest BCUT2D eigenvalue weighted by atomic mass is 10.4. The third kappa shape index (κ3) is 0.903. The number of nitrogens with one attached hydrogen (secondary N) is 1. The minimum Gasteiger partial charge on any atom is -0.373 e. The van der Waals surface area contributed by atoms with Gasteiger partial charge < -0.3 is 9.84 Å². The molecule has 0 bridgehead atoms. The Balaban J connectivity index is 2.14. The summed E-state index contributed by atoms with van der Waals surface area (Å²) in [6, 6.07) is 1.86. The summed E-state index contributed by atoms with van der Waals surface area (Å²) in [5.74, 6) is 0. The van der Waals surface area contributed by atoms with Gasteiger partial charge in [0.2, 0.25) is 0 Å². The molecule has 2 heterocycles. The van der Waals surface area contributed by atoms with Crippen LogP contribution in [0.4, 0.5) is 0 Å². The van der Waals surface area contributed by atoms with E-state index in [1.807, 2.05) is 17.7 Å². The van der Waals surface area contributed by atoms with Gasteiger partial charge in [0, 0.05) is 12.3 Å². The third-order valence-corrected chi connectivity index (χ3v) is 2.20. The molecular formula is C6H6N2OS. The lowest BCUT2D eigenvalue weighted by Gasteiger charge is -2.03. The SMILES string of the molecule is C1=CSC(c2ccon2)N1. The molecule has 1 unspecified atom stereocenters. The van der Waals surface area contributed by atoms with Crippen LogP contribution < -0.4 is 5.32 Å². The summed E-state index contributed by atoms with van der Waals surface area (Å²) < 4.78 is 4.70. The van der Waals surface area contributed by atoms with E-state index in [0.29, 0.717) is 0 Å². The molecule has 0 saturated carbocycles. The normalized spacial score (nSPS) is 23.0. The van der Waals surface area contributed by atoms with E-state index in [1.165, 1.54) is 0 Å². The molecular weight excluding hydrogens is 148 g/mol. The molecule has 4 heteroatoms. The molecule has 0 aliphatic carbocycles. The van der Waals surface area contributed by atoms with Gasteiger partial charge in [-0.15, -0.1) is 11.8 Å². The van der Waals surface area contributed by atoms with Gasteiger partial charge in [-0.1, -0.05) is 5.16 Å². The maximum atomic E-state index is 4.70. The molecule has 1 N–H and O–H groups in total. The summed E-state index contributed by atoms with van der Waals surface area (Å²) in [5.41, 5.74) is 0.940. The molecule has 3 nitrogen and oxygen atoms in total. The predicted octanol–water partition coefficient (Wildman–Crippen LogP) is 1.48. The maximum Gasteiger partial charge on any atom is 0.124 e. The molecule has 1 aliphatic heterocycles. The van der Waals surface area contributed by atoms with Crippen molar-refractivity contribution in [2.45, 2.75) is 5.37 Å². The van der Waals surface area contributed by atoms with Gasteiger partial charge in [0.05, 0.1) is 0 Å². The van der Waals surface area contributed by atoms with E-state index in [9.17, 15) is 0 Å². The van der Waals surface area contributed by atoms with E-state index in [4.69, 9.17) is 4.52 Å². The molecule has 2 rings (SSSR count). The fourth-order valence-electron chi connectivity index (χ4n) is 0.796. The molecule has 0 spiro atoms. The Kier molecular flexibility index (Phi) is 1.39. The second-order valence-electron chi connectivity index (χ2n) is 1.91. The second-order valence-corrected chi connectivity index (χ2v) is 2.93. The van der Waals surface area contributed by atoms with Crippen molar-refractivity contribution in [2.75, 3.05) is 0 Å². The zero-order chi connectivity index (χ0) is 6.81. The van der Waals surface area contributed by atoms with Gasteiger partial charge in [0.15, 0.2) is 0 Å². The average molecular weight is 154 g/mol. The summed E-state index contributed by atoms with van der Waals surface area (Å²) in [4.78, 5) is 0. The number of rotatable bonds is 1. The third-order valence-electron chi connectivity index (χ3n) is 1.26. The van der Waals surface area contributed by atoms with Crippen LogP contribution in [0.15, 0.2) is 28.5 Å². The molecule has 1 aromatic rings. The van der Waals surface area contributed by atoms with Crippen LogP contribution in [0, 0.1) is 0 Å². The monoisotopic (exact) mass is 154 g/mol. The first kappa shape index (κ1) is 5.85. The Morgan fingerprint density at radius 2 is 2.70 bits per heavy atom. The van der Waals surface area contributed by atoms with Gasteiger partial charge in [-0.25, -0.2) is 0 Å². The van der Waals surface area contributed by atoms with E-state index in [2.05, 4.69) is 10.5 Å². The molecule has 10 heavy (non-hydrogen) atoms. The van der Waals surface area contributed by atoms with E-state index in [-0.39, 0.29) is 5.37 Å². The van der Waals surface area contributed by atoms with Crippen molar-refractivity contribution in [3.63, 3.8) is 0 Å². The van der Waals surface area contributed by atoms with Crippen molar-refractivity contribution in [3.8, 4) is 0 Å². The van der Waals surface area contributed by atoms with Gasteiger partial charge in [-0.2, -0.15) is 0 Å². The highest BCUT2D eigenvalue weighted by Crippen LogP contribution is 2.29. The maximum absolute atomic E-state index is 4.70. The number of hydrogen-bond donors (Lipinski definition) is 1. The first-order valence-electron chi connectivity index (χ1n) is 2.93. The Hall–Kier alpha value is -0.900. The van der Waals surface area contributed by atoms with Crippen LogP contribution in [0.25, 0.3) is 0 Å². The van der Waals surface area contributed by atoms with Crippen LogP contribution in [0.5, 0.6) is 0 Å². The van der Waals surface area contributed by atoms with E-state index >= 15 is 0 Å². The van der Waals surface area contributed by atoms with E-state index in [0.717, 1.165) is 5.69 Å². The molecule has 0 amide bonds. The van der Waals surface area contributed by atoms with Crippen LogP contribution in [-0.2, 0) is 0 Å². The Bertz CT molecular complexity index is 224. The number of aromatic nitrogens is 1. The molecule has 0 radical (unpaired) electrons. The highest BCUT2D eigenvalue weighted by atomic mass is 32.2. The summed E-state index contributed by atoms with van der Waals surface area (Å²) in [6.07, 6.45) is 3.49. The Morgan fingerprint density at radius 3 is 3.30 bits per heavy atom. The zero-order valence-electron chi connectivity index (χ0n) is 5.15. The molecule has 0 saturated heterocycles.